The van der Waals surface area contributed by atoms with Crippen LogP contribution in [-0.4, -0.2) is 24.8 Å². The van der Waals surface area contributed by atoms with Crippen molar-refractivity contribution < 1.29 is 5.11 Å². The third-order valence-electron chi connectivity index (χ3n) is 2.55. The van der Waals surface area contributed by atoms with Crippen LogP contribution in [0.1, 0.15) is 18.1 Å². The van der Waals surface area contributed by atoms with Crippen molar-refractivity contribution in [3.8, 4) is 0 Å². The number of rotatable bonds is 5. The lowest BCUT2D eigenvalue weighted by Gasteiger charge is -2.24. The second-order valence-electron chi connectivity index (χ2n) is 3.64. The molecule has 0 aliphatic heterocycles. The Hall–Kier alpha value is -1.06. The molecule has 15 heavy (non-hydrogen) atoms. The van der Waals surface area contributed by atoms with Gasteiger partial charge in [-0.1, -0.05) is 17.7 Å². The number of aryl methyl sites for hydroxylation is 1. The van der Waals surface area contributed by atoms with Crippen molar-refractivity contribution in [2.75, 3.05) is 24.6 Å². The molecule has 1 aromatic carbocycles. The van der Waals surface area contributed by atoms with Gasteiger partial charge in [-0.3, -0.25) is 0 Å². The highest BCUT2D eigenvalue weighted by Gasteiger charge is 2.08. The van der Waals surface area contributed by atoms with Crippen molar-refractivity contribution in [3.63, 3.8) is 0 Å². The molecule has 0 saturated carbocycles. The number of hydrogen-bond acceptors (Lipinski definition) is 3. The molecule has 0 fully saturated rings. The van der Waals surface area contributed by atoms with Crippen molar-refractivity contribution in [2.45, 2.75) is 20.4 Å². The quantitative estimate of drug-likeness (QED) is 0.766. The summed E-state index contributed by atoms with van der Waals surface area (Å²) in [7, 11) is 0. The SMILES string of the molecule is CCN(CCO)c1ccc(C)cc1CN. The van der Waals surface area contributed by atoms with Crippen molar-refractivity contribution >= 4 is 5.69 Å². The Kier molecular flexibility index (Phi) is 4.59. The van der Waals surface area contributed by atoms with E-state index < -0.39 is 0 Å². The van der Waals surface area contributed by atoms with Gasteiger partial charge in [0.25, 0.3) is 0 Å². The van der Waals surface area contributed by atoms with Crippen LogP contribution < -0.4 is 10.6 Å². The van der Waals surface area contributed by atoms with Crippen LogP contribution in [0.2, 0.25) is 0 Å². The molecule has 3 nitrogen and oxygen atoms in total. The van der Waals surface area contributed by atoms with E-state index in [1.807, 2.05) is 0 Å². The van der Waals surface area contributed by atoms with Crippen LogP contribution in [0.3, 0.4) is 0 Å². The largest absolute Gasteiger partial charge is 0.395 e. The molecule has 0 spiro atoms. The molecule has 0 radical (unpaired) electrons. The van der Waals surface area contributed by atoms with Gasteiger partial charge in [0.15, 0.2) is 0 Å². The lowest BCUT2D eigenvalue weighted by molar-refractivity contribution is 0.302. The van der Waals surface area contributed by atoms with Crippen molar-refractivity contribution in [1.82, 2.24) is 0 Å². The molecule has 1 rings (SSSR count). The molecule has 84 valence electrons. The van der Waals surface area contributed by atoms with E-state index in [9.17, 15) is 0 Å². The van der Waals surface area contributed by atoms with Crippen molar-refractivity contribution in [2.24, 2.45) is 5.73 Å². The highest BCUT2D eigenvalue weighted by atomic mass is 16.3. The number of hydrogen-bond donors (Lipinski definition) is 2. The minimum atomic E-state index is 0.172. The molecule has 0 saturated heterocycles. The Morgan fingerprint density at radius 1 is 1.40 bits per heavy atom. The van der Waals surface area contributed by atoms with Gasteiger partial charge in [-0.25, -0.2) is 0 Å². The maximum absolute atomic E-state index is 8.97. The summed E-state index contributed by atoms with van der Waals surface area (Å²) >= 11 is 0. The first-order valence-electron chi connectivity index (χ1n) is 5.38. The second-order valence-corrected chi connectivity index (χ2v) is 3.64. The Morgan fingerprint density at radius 2 is 2.13 bits per heavy atom. The van der Waals surface area contributed by atoms with Crippen LogP contribution in [0, 0.1) is 6.92 Å². The predicted octanol–water partition coefficient (Wildman–Crippen LogP) is 1.27. The molecule has 0 aliphatic carbocycles. The molecule has 0 bridgehead atoms. The van der Waals surface area contributed by atoms with Gasteiger partial charge < -0.3 is 15.7 Å². The Bertz CT molecular complexity index is 312. The summed E-state index contributed by atoms with van der Waals surface area (Å²) in [4.78, 5) is 2.14. The molecule has 3 heteroatoms. The van der Waals surface area contributed by atoms with Crippen LogP contribution in [0.4, 0.5) is 5.69 Å². The molecule has 0 atom stereocenters. The van der Waals surface area contributed by atoms with Crippen molar-refractivity contribution in [3.05, 3.63) is 29.3 Å². The van der Waals surface area contributed by atoms with E-state index in [0.29, 0.717) is 13.1 Å². The maximum Gasteiger partial charge on any atom is 0.0606 e. The number of benzene rings is 1. The summed E-state index contributed by atoms with van der Waals surface area (Å²) in [6.45, 7) is 6.40. The second kappa shape index (κ2) is 5.73. The zero-order valence-electron chi connectivity index (χ0n) is 9.53. The summed E-state index contributed by atoms with van der Waals surface area (Å²) in [6, 6.07) is 6.26. The van der Waals surface area contributed by atoms with Gasteiger partial charge in [0.1, 0.15) is 0 Å². The van der Waals surface area contributed by atoms with Gasteiger partial charge in [-0.05, 0) is 25.5 Å². The van der Waals surface area contributed by atoms with E-state index in [-0.39, 0.29) is 6.61 Å². The fourth-order valence-electron chi connectivity index (χ4n) is 1.76. The van der Waals surface area contributed by atoms with E-state index in [0.717, 1.165) is 17.8 Å². The fourth-order valence-corrected chi connectivity index (χ4v) is 1.76. The third kappa shape index (κ3) is 2.94. The number of anilines is 1. The Morgan fingerprint density at radius 3 is 2.67 bits per heavy atom. The number of nitrogens with zero attached hydrogens (tertiary/aromatic N) is 1. The van der Waals surface area contributed by atoms with Gasteiger partial charge in [0.05, 0.1) is 6.61 Å². The predicted molar refractivity (Wildman–Crippen MR) is 64.0 cm³/mol. The zero-order chi connectivity index (χ0) is 11.3. The minimum absolute atomic E-state index is 0.172. The standard InChI is InChI=1S/C12H20N2O/c1-3-14(6-7-15)12-5-4-10(2)8-11(12)9-13/h4-5,8,15H,3,6-7,9,13H2,1-2H3. The van der Waals surface area contributed by atoms with E-state index in [2.05, 4.69) is 36.9 Å². The topological polar surface area (TPSA) is 49.5 Å². The lowest BCUT2D eigenvalue weighted by Crippen LogP contribution is -2.27. The smallest absolute Gasteiger partial charge is 0.0606 e. The molecular formula is C12H20N2O. The summed E-state index contributed by atoms with van der Waals surface area (Å²) in [5, 5.41) is 8.97. The van der Waals surface area contributed by atoms with Crippen LogP contribution in [0.15, 0.2) is 18.2 Å². The van der Waals surface area contributed by atoms with Gasteiger partial charge in [-0.2, -0.15) is 0 Å². The summed E-state index contributed by atoms with van der Waals surface area (Å²) in [5.41, 5.74) is 9.22. The number of likely N-dealkylation sites (N-methyl/N-ethyl adjacent to an activating group) is 1. The van der Waals surface area contributed by atoms with E-state index >= 15 is 0 Å². The number of aliphatic hydroxyl groups is 1. The first-order valence-corrected chi connectivity index (χ1v) is 5.38. The van der Waals surface area contributed by atoms with Crippen molar-refractivity contribution in [1.29, 1.82) is 0 Å². The minimum Gasteiger partial charge on any atom is -0.395 e. The molecular weight excluding hydrogens is 188 g/mol. The van der Waals surface area contributed by atoms with Crippen LogP contribution in [-0.2, 0) is 6.54 Å². The average Bonchev–Trinajstić information content (AvgIpc) is 2.26. The van der Waals surface area contributed by atoms with E-state index in [4.69, 9.17) is 10.8 Å². The Labute approximate surface area is 91.5 Å². The third-order valence-corrected chi connectivity index (χ3v) is 2.55. The van der Waals surface area contributed by atoms with Crippen LogP contribution in [0.25, 0.3) is 0 Å². The van der Waals surface area contributed by atoms with Crippen LogP contribution in [0.5, 0.6) is 0 Å². The maximum atomic E-state index is 8.97. The highest BCUT2D eigenvalue weighted by molar-refractivity contribution is 5.54. The molecule has 0 aliphatic rings. The Balaban J connectivity index is 2.99. The zero-order valence-corrected chi connectivity index (χ0v) is 9.53. The average molecular weight is 208 g/mol. The summed E-state index contributed by atoms with van der Waals surface area (Å²) in [6.07, 6.45) is 0. The molecule has 1 aromatic rings. The van der Waals surface area contributed by atoms with Gasteiger partial charge in [-0.15, -0.1) is 0 Å². The van der Waals surface area contributed by atoms with E-state index in [1.165, 1.54) is 5.56 Å². The highest BCUT2D eigenvalue weighted by Crippen LogP contribution is 2.21. The fraction of sp³-hybridized carbons (Fsp3) is 0.500. The molecule has 3 N–H and O–H groups in total. The molecule has 0 heterocycles. The monoisotopic (exact) mass is 208 g/mol. The van der Waals surface area contributed by atoms with Gasteiger partial charge >= 0.3 is 0 Å². The molecule has 0 amide bonds. The normalized spacial score (nSPS) is 10.4. The van der Waals surface area contributed by atoms with Crippen LogP contribution >= 0.6 is 0 Å². The first kappa shape index (κ1) is 12.0. The number of aliphatic hydroxyl groups excluding tert-OH is 1. The summed E-state index contributed by atoms with van der Waals surface area (Å²) < 4.78 is 0. The van der Waals surface area contributed by atoms with E-state index in [1.54, 1.807) is 0 Å². The summed E-state index contributed by atoms with van der Waals surface area (Å²) in [5.74, 6) is 0. The molecule has 0 aromatic heterocycles. The first-order chi connectivity index (χ1) is 7.22. The number of nitrogens with two attached hydrogens (primary N) is 1. The lowest BCUT2D eigenvalue weighted by atomic mass is 10.1. The van der Waals surface area contributed by atoms with Gasteiger partial charge in [0, 0.05) is 25.3 Å². The molecule has 0 unspecified atom stereocenters. The van der Waals surface area contributed by atoms with Gasteiger partial charge in [0.2, 0.25) is 0 Å².